The molecule has 0 spiro atoms. The molecule has 0 aromatic carbocycles. The Hall–Kier alpha value is -1.36. The van der Waals surface area contributed by atoms with E-state index in [1.807, 2.05) is 13.2 Å². The van der Waals surface area contributed by atoms with E-state index in [0.29, 0.717) is 5.92 Å². The van der Waals surface area contributed by atoms with Gasteiger partial charge in [0.25, 0.3) is 0 Å². The van der Waals surface area contributed by atoms with Crippen LogP contribution in [0.4, 0.5) is 5.69 Å². The number of hydrogen-bond acceptors (Lipinski definition) is 3. The third kappa shape index (κ3) is 2.90. The van der Waals surface area contributed by atoms with Crippen molar-refractivity contribution in [2.75, 3.05) is 18.4 Å². The van der Waals surface area contributed by atoms with Gasteiger partial charge in [-0.15, -0.1) is 0 Å². The average molecular weight is 250 g/mol. The van der Waals surface area contributed by atoms with Crippen LogP contribution in [-0.2, 0) is 11.8 Å². The van der Waals surface area contributed by atoms with Crippen molar-refractivity contribution in [3.63, 3.8) is 0 Å². The van der Waals surface area contributed by atoms with Crippen LogP contribution in [-0.4, -0.2) is 28.8 Å². The number of carbonyl (C=O) groups excluding carboxylic acids is 1. The van der Waals surface area contributed by atoms with Gasteiger partial charge in [-0.3, -0.25) is 9.48 Å². The van der Waals surface area contributed by atoms with Gasteiger partial charge in [0.15, 0.2) is 0 Å². The van der Waals surface area contributed by atoms with Crippen LogP contribution in [0, 0.1) is 5.92 Å². The van der Waals surface area contributed by atoms with Crippen molar-refractivity contribution >= 4 is 11.6 Å². The fourth-order valence-electron chi connectivity index (χ4n) is 2.34. The molecule has 0 radical (unpaired) electrons. The Balaban J connectivity index is 2.06. The van der Waals surface area contributed by atoms with Crippen molar-refractivity contribution in [1.82, 2.24) is 15.1 Å². The number of carbonyl (C=O) groups is 1. The van der Waals surface area contributed by atoms with E-state index in [4.69, 9.17) is 0 Å². The largest absolute Gasteiger partial charge is 0.323 e. The lowest BCUT2D eigenvalue weighted by atomic mass is 9.98. The van der Waals surface area contributed by atoms with Crippen LogP contribution in [0.25, 0.3) is 0 Å². The minimum Gasteiger partial charge on any atom is -0.323 e. The monoisotopic (exact) mass is 250 g/mol. The summed E-state index contributed by atoms with van der Waals surface area (Å²) in [6.45, 7) is 5.97. The van der Waals surface area contributed by atoms with Gasteiger partial charge < -0.3 is 10.6 Å². The smallest absolute Gasteiger partial charge is 0.228 e. The molecule has 1 fully saturated rings. The Bertz CT molecular complexity index is 419. The van der Waals surface area contributed by atoms with E-state index >= 15 is 0 Å². The lowest BCUT2D eigenvalue weighted by molar-refractivity contribution is -0.120. The van der Waals surface area contributed by atoms with Gasteiger partial charge in [-0.25, -0.2) is 0 Å². The number of anilines is 1. The van der Waals surface area contributed by atoms with Gasteiger partial charge >= 0.3 is 0 Å². The summed E-state index contributed by atoms with van der Waals surface area (Å²) < 4.78 is 1.75. The van der Waals surface area contributed by atoms with E-state index in [9.17, 15) is 4.79 Å². The molecular formula is C13H22N4O. The van der Waals surface area contributed by atoms with Gasteiger partial charge in [0.2, 0.25) is 5.91 Å². The summed E-state index contributed by atoms with van der Waals surface area (Å²) in [5.74, 6) is 0.502. The maximum absolute atomic E-state index is 12.2. The summed E-state index contributed by atoms with van der Waals surface area (Å²) in [4.78, 5) is 12.2. The van der Waals surface area contributed by atoms with Crippen LogP contribution in [0.5, 0.6) is 0 Å². The van der Waals surface area contributed by atoms with Crippen molar-refractivity contribution in [2.24, 2.45) is 13.0 Å². The van der Waals surface area contributed by atoms with Crippen LogP contribution in [0.3, 0.4) is 0 Å². The van der Waals surface area contributed by atoms with Crippen LogP contribution >= 0.6 is 0 Å². The van der Waals surface area contributed by atoms with E-state index in [-0.39, 0.29) is 11.8 Å². The minimum absolute atomic E-state index is 0.0824. The summed E-state index contributed by atoms with van der Waals surface area (Å²) >= 11 is 0. The average Bonchev–Trinajstić information content (AvgIpc) is 2.71. The third-order valence-electron chi connectivity index (χ3n) is 3.33. The van der Waals surface area contributed by atoms with E-state index in [2.05, 4.69) is 29.6 Å². The maximum Gasteiger partial charge on any atom is 0.228 e. The van der Waals surface area contributed by atoms with Gasteiger partial charge in [0.1, 0.15) is 0 Å². The van der Waals surface area contributed by atoms with Crippen molar-refractivity contribution in [2.45, 2.75) is 32.6 Å². The van der Waals surface area contributed by atoms with Crippen molar-refractivity contribution in [3.8, 4) is 0 Å². The molecule has 2 N–H and O–H groups in total. The Morgan fingerprint density at radius 1 is 1.61 bits per heavy atom. The zero-order valence-electron chi connectivity index (χ0n) is 11.4. The molecule has 100 valence electrons. The molecular weight excluding hydrogens is 228 g/mol. The number of piperidine rings is 1. The molecule has 5 heteroatoms. The molecule has 0 bridgehead atoms. The molecule has 18 heavy (non-hydrogen) atoms. The fourth-order valence-corrected chi connectivity index (χ4v) is 2.34. The minimum atomic E-state index is 0.0824. The van der Waals surface area contributed by atoms with E-state index < -0.39 is 0 Å². The van der Waals surface area contributed by atoms with Crippen LogP contribution < -0.4 is 10.6 Å². The van der Waals surface area contributed by atoms with E-state index in [0.717, 1.165) is 37.3 Å². The molecule has 2 heterocycles. The van der Waals surface area contributed by atoms with Gasteiger partial charge in [-0.05, 0) is 25.3 Å². The van der Waals surface area contributed by atoms with Gasteiger partial charge in [-0.2, -0.15) is 5.10 Å². The number of rotatable bonds is 3. The van der Waals surface area contributed by atoms with Crippen LogP contribution in [0.15, 0.2) is 6.20 Å². The quantitative estimate of drug-likeness (QED) is 0.854. The second-order valence-electron chi connectivity index (χ2n) is 5.29. The third-order valence-corrected chi connectivity index (χ3v) is 3.33. The number of aromatic nitrogens is 2. The predicted molar refractivity (Wildman–Crippen MR) is 71.5 cm³/mol. The van der Waals surface area contributed by atoms with E-state index in [1.54, 1.807) is 4.68 Å². The summed E-state index contributed by atoms with van der Waals surface area (Å²) in [7, 11) is 1.88. The summed E-state index contributed by atoms with van der Waals surface area (Å²) in [6, 6.07) is 0. The van der Waals surface area contributed by atoms with Gasteiger partial charge in [0.05, 0.1) is 17.3 Å². The fraction of sp³-hybridized carbons (Fsp3) is 0.692. The van der Waals surface area contributed by atoms with E-state index in [1.165, 1.54) is 0 Å². The summed E-state index contributed by atoms with van der Waals surface area (Å²) in [5.41, 5.74) is 1.80. The second-order valence-corrected chi connectivity index (χ2v) is 5.29. The molecule has 0 saturated carbocycles. The van der Waals surface area contributed by atoms with Crippen molar-refractivity contribution in [3.05, 3.63) is 11.9 Å². The standard InChI is InChI=1S/C13H22N4O/c1-9(2)12-11(8-17(3)16-12)15-13(18)10-5-4-6-14-7-10/h8-10,14H,4-7H2,1-3H3,(H,15,18). The Kier molecular flexibility index (Phi) is 4.01. The molecule has 1 aliphatic rings. The number of amides is 1. The second kappa shape index (κ2) is 5.52. The molecule has 1 unspecified atom stereocenters. The molecule has 1 amide bonds. The summed E-state index contributed by atoms with van der Waals surface area (Å²) in [5, 5.41) is 10.7. The van der Waals surface area contributed by atoms with Crippen molar-refractivity contribution < 1.29 is 4.79 Å². The predicted octanol–water partition coefficient (Wildman–Crippen LogP) is 1.48. The number of hydrogen-bond donors (Lipinski definition) is 2. The number of nitrogens with zero attached hydrogens (tertiary/aromatic N) is 2. The highest BCUT2D eigenvalue weighted by atomic mass is 16.1. The Morgan fingerprint density at radius 3 is 3.00 bits per heavy atom. The first-order valence-corrected chi connectivity index (χ1v) is 6.63. The Morgan fingerprint density at radius 2 is 2.39 bits per heavy atom. The van der Waals surface area contributed by atoms with Gasteiger partial charge in [0, 0.05) is 19.8 Å². The molecule has 2 rings (SSSR count). The number of aryl methyl sites for hydroxylation is 1. The molecule has 1 atom stereocenters. The SMILES string of the molecule is CC(C)c1nn(C)cc1NC(=O)C1CCCNC1. The number of nitrogens with one attached hydrogen (secondary N) is 2. The normalized spacial score (nSPS) is 20.1. The molecule has 1 aromatic heterocycles. The topological polar surface area (TPSA) is 59.0 Å². The molecule has 0 aliphatic carbocycles. The first kappa shape index (κ1) is 13.1. The van der Waals surface area contributed by atoms with Gasteiger partial charge in [-0.1, -0.05) is 13.8 Å². The molecule has 1 aliphatic heterocycles. The zero-order valence-corrected chi connectivity index (χ0v) is 11.4. The molecule has 1 saturated heterocycles. The lowest BCUT2D eigenvalue weighted by Crippen LogP contribution is -2.37. The van der Waals surface area contributed by atoms with Crippen LogP contribution in [0.1, 0.15) is 38.3 Å². The first-order chi connectivity index (χ1) is 8.58. The summed E-state index contributed by atoms with van der Waals surface area (Å²) in [6.07, 6.45) is 3.92. The maximum atomic E-state index is 12.2. The highest BCUT2D eigenvalue weighted by molar-refractivity contribution is 5.93. The van der Waals surface area contributed by atoms with Crippen molar-refractivity contribution in [1.29, 1.82) is 0 Å². The molecule has 5 nitrogen and oxygen atoms in total. The highest BCUT2D eigenvalue weighted by Gasteiger charge is 2.22. The Labute approximate surface area is 108 Å². The zero-order chi connectivity index (χ0) is 13.1. The van der Waals surface area contributed by atoms with Crippen LogP contribution in [0.2, 0.25) is 0 Å². The molecule has 1 aromatic rings. The highest BCUT2D eigenvalue weighted by Crippen LogP contribution is 2.23. The first-order valence-electron chi connectivity index (χ1n) is 6.63. The lowest BCUT2D eigenvalue weighted by Gasteiger charge is -2.21.